The highest BCUT2D eigenvalue weighted by molar-refractivity contribution is 5.77. The molecule has 1 unspecified atom stereocenters. The van der Waals surface area contributed by atoms with Crippen molar-refractivity contribution in [3.63, 3.8) is 0 Å². The quantitative estimate of drug-likeness (QED) is 0.775. The molecule has 0 saturated heterocycles. The molecule has 0 aromatic heterocycles. The molecular weight excluding hydrogens is 240 g/mol. The van der Waals surface area contributed by atoms with E-state index in [1.54, 1.807) is 7.11 Å². The van der Waals surface area contributed by atoms with Crippen molar-refractivity contribution < 1.29 is 9.53 Å². The third-order valence-electron chi connectivity index (χ3n) is 2.98. The smallest absolute Gasteiger partial charge is 0.221 e. The van der Waals surface area contributed by atoms with Crippen LogP contribution in [0.25, 0.3) is 0 Å². The summed E-state index contributed by atoms with van der Waals surface area (Å²) in [6.45, 7) is 6.42. The minimum absolute atomic E-state index is 0.0337. The number of anilines is 1. The number of carbonyl (C=O) groups is 1. The van der Waals surface area contributed by atoms with Crippen LogP contribution < -0.4 is 11.1 Å². The molecule has 0 heterocycles. The SMILES string of the molecule is COCC(C)(C)NC(=O)CC(C)c1ccc(N)cc1. The molecule has 4 nitrogen and oxygen atoms in total. The standard InChI is InChI=1S/C15H24N2O2/c1-11(12-5-7-13(16)8-6-12)9-14(18)17-15(2,3)10-19-4/h5-8,11H,9-10,16H2,1-4H3,(H,17,18). The van der Waals surface area contributed by atoms with Crippen LogP contribution in [0.3, 0.4) is 0 Å². The van der Waals surface area contributed by atoms with E-state index in [9.17, 15) is 4.79 Å². The highest BCUT2D eigenvalue weighted by atomic mass is 16.5. The van der Waals surface area contributed by atoms with E-state index in [4.69, 9.17) is 10.5 Å². The Morgan fingerprint density at radius 3 is 2.47 bits per heavy atom. The molecule has 0 aliphatic carbocycles. The highest BCUT2D eigenvalue weighted by Gasteiger charge is 2.21. The summed E-state index contributed by atoms with van der Waals surface area (Å²) in [5.41, 5.74) is 7.17. The number of nitrogen functional groups attached to an aromatic ring is 1. The lowest BCUT2D eigenvalue weighted by Gasteiger charge is -2.26. The number of ether oxygens (including phenoxy) is 1. The van der Waals surface area contributed by atoms with Gasteiger partial charge in [-0.2, -0.15) is 0 Å². The van der Waals surface area contributed by atoms with Gasteiger partial charge in [-0.1, -0.05) is 19.1 Å². The van der Waals surface area contributed by atoms with Crippen molar-refractivity contribution in [2.45, 2.75) is 38.6 Å². The molecule has 0 bridgehead atoms. The zero-order valence-corrected chi connectivity index (χ0v) is 12.2. The van der Waals surface area contributed by atoms with Gasteiger partial charge >= 0.3 is 0 Å². The number of hydrogen-bond donors (Lipinski definition) is 2. The fourth-order valence-corrected chi connectivity index (χ4v) is 2.05. The van der Waals surface area contributed by atoms with Crippen LogP contribution in [0.15, 0.2) is 24.3 Å². The second-order valence-corrected chi connectivity index (χ2v) is 5.64. The van der Waals surface area contributed by atoms with Gasteiger partial charge in [0.25, 0.3) is 0 Å². The maximum Gasteiger partial charge on any atom is 0.221 e. The van der Waals surface area contributed by atoms with Crippen molar-refractivity contribution in [3.8, 4) is 0 Å². The molecule has 1 amide bonds. The van der Waals surface area contributed by atoms with Crippen molar-refractivity contribution >= 4 is 11.6 Å². The van der Waals surface area contributed by atoms with Crippen LogP contribution in [0.1, 0.15) is 38.7 Å². The monoisotopic (exact) mass is 264 g/mol. The maximum absolute atomic E-state index is 12.0. The van der Waals surface area contributed by atoms with Crippen molar-refractivity contribution in [3.05, 3.63) is 29.8 Å². The lowest BCUT2D eigenvalue weighted by Crippen LogP contribution is -2.47. The Kier molecular flexibility index (Phi) is 5.36. The van der Waals surface area contributed by atoms with E-state index in [1.165, 1.54) is 0 Å². The van der Waals surface area contributed by atoms with E-state index in [0.29, 0.717) is 13.0 Å². The Hall–Kier alpha value is -1.55. The van der Waals surface area contributed by atoms with Gasteiger partial charge in [-0.15, -0.1) is 0 Å². The Balaban J connectivity index is 2.54. The number of carbonyl (C=O) groups excluding carboxylic acids is 1. The fraction of sp³-hybridized carbons (Fsp3) is 0.533. The molecule has 3 N–H and O–H groups in total. The summed E-state index contributed by atoms with van der Waals surface area (Å²) in [4.78, 5) is 12.0. The Morgan fingerprint density at radius 2 is 1.95 bits per heavy atom. The molecular formula is C15H24N2O2. The van der Waals surface area contributed by atoms with E-state index in [-0.39, 0.29) is 17.4 Å². The topological polar surface area (TPSA) is 64.3 Å². The second-order valence-electron chi connectivity index (χ2n) is 5.64. The number of nitrogens with one attached hydrogen (secondary N) is 1. The van der Waals surface area contributed by atoms with Crippen molar-refractivity contribution in [1.29, 1.82) is 0 Å². The van der Waals surface area contributed by atoms with Crippen LogP contribution >= 0.6 is 0 Å². The highest BCUT2D eigenvalue weighted by Crippen LogP contribution is 2.20. The largest absolute Gasteiger partial charge is 0.399 e. The predicted molar refractivity (Wildman–Crippen MR) is 78.0 cm³/mol. The summed E-state index contributed by atoms with van der Waals surface area (Å²) in [5.74, 6) is 0.199. The molecule has 0 radical (unpaired) electrons. The molecule has 1 aromatic carbocycles. The molecule has 0 saturated carbocycles. The zero-order valence-electron chi connectivity index (χ0n) is 12.2. The molecule has 0 spiro atoms. The molecule has 0 aliphatic heterocycles. The average Bonchev–Trinajstić information content (AvgIpc) is 2.28. The molecule has 0 aliphatic rings. The molecule has 1 rings (SSSR count). The van der Waals surface area contributed by atoms with Gasteiger partial charge in [0.1, 0.15) is 0 Å². The molecule has 4 heteroatoms. The first-order chi connectivity index (χ1) is 8.84. The van der Waals surface area contributed by atoms with Crippen LogP contribution in [-0.4, -0.2) is 25.2 Å². The van der Waals surface area contributed by atoms with E-state index in [1.807, 2.05) is 45.0 Å². The second kappa shape index (κ2) is 6.57. The van der Waals surface area contributed by atoms with Gasteiger partial charge in [-0.3, -0.25) is 4.79 Å². The minimum atomic E-state index is -0.341. The van der Waals surface area contributed by atoms with Crippen molar-refractivity contribution in [1.82, 2.24) is 5.32 Å². The van der Waals surface area contributed by atoms with Crippen LogP contribution in [0.2, 0.25) is 0 Å². The van der Waals surface area contributed by atoms with Gasteiger partial charge in [0.15, 0.2) is 0 Å². The number of benzene rings is 1. The van der Waals surface area contributed by atoms with E-state index in [2.05, 4.69) is 5.32 Å². The Labute approximate surface area is 115 Å². The lowest BCUT2D eigenvalue weighted by atomic mass is 9.96. The van der Waals surface area contributed by atoms with Crippen LogP contribution in [0.5, 0.6) is 0 Å². The summed E-state index contributed by atoms with van der Waals surface area (Å²) in [6, 6.07) is 7.65. The predicted octanol–water partition coefficient (Wildman–Crippen LogP) is 2.30. The normalized spacial score (nSPS) is 13.1. The third kappa shape index (κ3) is 5.30. The first-order valence-electron chi connectivity index (χ1n) is 6.49. The zero-order chi connectivity index (χ0) is 14.5. The third-order valence-corrected chi connectivity index (χ3v) is 2.98. The first-order valence-corrected chi connectivity index (χ1v) is 6.49. The summed E-state index contributed by atoms with van der Waals surface area (Å²) < 4.78 is 5.08. The van der Waals surface area contributed by atoms with E-state index in [0.717, 1.165) is 11.3 Å². The number of rotatable bonds is 6. The van der Waals surface area contributed by atoms with Crippen LogP contribution in [0.4, 0.5) is 5.69 Å². The van der Waals surface area contributed by atoms with Crippen LogP contribution in [-0.2, 0) is 9.53 Å². The molecule has 0 fully saturated rings. The number of methoxy groups -OCH3 is 1. The van der Waals surface area contributed by atoms with E-state index >= 15 is 0 Å². The summed E-state index contributed by atoms with van der Waals surface area (Å²) in [5, 5.41) is 2.98. The minimum Gasteiger partial charge on any atom is -0.399 e. The Bertz CT molecular complexity index is 413. The van der Waals surface area contributed by atoms with Crippen molar-refractivity contribution in [2.75, 3.05) is 19.5 Å². The van der Waals surface area contributed by atoms with Crippen molar-refractivity contribution in [2.24, 2.45) is 0 Å². The molecule has 1 aromatic rings. The summed E-state index contributed by atoms with van der Waals surface area (Å²) in [7, 11) is 1.63. The fourth-order valence-electron chi connectivity index (χ4n) is 2.05. The molecule has 1 atom stereocenters. The van der Waals surface area contributed by atoms with Gasteiger partial charge < -0.3 is 15.8 Å². The van der Waals surface area contributed by atoms with Gasteiger partial charge in [-0.25, -0.2) is 0 Å². The van der Waals surface area contributed by atoms with Gasteiger partial charge in [0, 0.05) is 19.2 Å². The average molecular weight is 264 g/mol. The first kappa shape index (κ1) is 15.5. The maximum atomic E-state index is 12.0. The Morgan fingerprint density at radius 1 is 1.37 bits per heavy atom. The lowest BCUT2D eigenvalue weighted by molar-refractivity contribution is -0.123. The van der Waals surface area contributed by atoms with E-state index < -0.39 is 0 Å². The molecule has 106 valence electrons. The number of amides is 1. The summed E-state index contributed by atoms with van der Waals surface area (Å²) >= 11 is 0. The number of hydrogen-bond acceptors (Lipinski definition) is 3. The van der Waals surface area contributed by atoms with Gasteiger partial charge in [0.05, 0.1) is 12.1 Å². The van der Waals surface area contributed by atoms with Gasteiger partial charge in [-0.05, 0) is 37.5 Å². The number of nitrogens with two attached hydrogens (primary N) is 1. The summed E-state index contributed by atoms with van der Waals surface area (Å²) in [6.07, 6.45) is 0.455. The van der Waals surface area contributed by atoms with Gasteiger partial charge in [0.2, 0.25) is 5.91 Å². The van der Waals surface area contributed by atoms with Crippen LogP contribution in [0, 0.1) is 0 Å². The molecule has 19 heavy (non-hydrogen) atoms.